The number of aliphatic hydroxyl groups excluding tert-OH is 1. The van der Waals surface area contributed by atoms with E-state index in [2.05, 4.69) is 26.0 Å². The quantitative estimate of drug-likeness (QED) is 0.758. The molecule has 19 heavy (non-hydrogen) atoms. The van der Waals surface area contributed by atoms with E-state index in [1.165, 1.54) is 4.52 Å². The second kappa shape index (κ2) is 4.64. The summed E-state index contributed by atoms with van der Waals surface area (Å²) in [5.74, 6) is 0. The van der Waals surface area contributed by atoms with Crippen molar-refractivity contribution < 1.29 is 5.11 Å². The highest BCUT2D eigenvalue weighted by molar-refractivity contribution is 9.10. The second-order valence-corrected chi connectivity index (χ2v) is 5.04. The Morgan fingerprint density at radius 3 is 2.74 bits per heavy atom. The van der Waals surface area contributed by atoms with Crippen LogP contribution in [0.25, 0.3) is 16.8 Å². The lowest BCUT2D eigenvalue weighted by Gasteiger charge is -2.02. The van der Waals surface area contributed by atoms with Crippen molar-refractivity contribution in [2.45, 2.75) is 6.61 Å². The second-order valence-electron chi connectivity index (χ2n) is 4.13. The van der Waals surface area contributed by atoms with Gasteiger partial charge >= 0.3 is 0 Å². The van der Waals surface area contributed by atoms with Crippen molar-refractivity contribution in [2.75, 3.05) is 0 Å². The fourth-order valence-electron chi connectivity index (χ4n) is 1.91. The van der Waals surface area contributed by atoms with Gasteiger partial charge < -0.3 is 10.1 Å². The highest BCUT2D eigenvalue weighted by atomic mass is 79.9. The van der Waals surface area contributed by atoms with Gasteiger partial charge in [0.05, 0.1) is 24.2 Å². The summed E-state index contributed by atoms with van der Waals surface area (Å²) in [5, 5.41) is 13.2. The third-order valence-electron chi connectivity index (χ3n) is 2.84. The molecule has 0 bridgehead atoms. The SMILES string of the molecule is O=c1[nH]c(-c2ccc(Br)cc2)cn2nc(CO)cc12. The predicted octanol–water partition coefficient (Wildman–Crippen LogP) is 1.94. The number of rotatable bonds is 2. The fourth-order valence-corrected chi connectivity index (χ4v) is 2.17. The van der Waals surface area contributed by atoms with Gasteiger partial charge in [-0.25, -0.2) is 4.52 Å². The zero-order valence-corrected chi connectivity index (χ0v) is 11.4. The minimum atomic E-state index is -0.229. The number of hydrogen-bond donors (Lipinski definition) is 2. The van der Waals surface area contributed by atoms with Crippen LogP contribution >= 0.6 is 15.9 Å². The lowest BCUT2D eigenvalue weighted by atomic mass is 10.2. The van der Waals surface area contributed by atoms with Crippen molar-refractivity contribution in [3.8, 4) is 11.3 Å². The highest BCUT2D eigenvalue weighted by Gasteiger charge is 2.07. The van der Waals surface area contributed by atoms with Crippen LogP contribution in [-0.4, -0.2) is 19.7 Å². The van der Waals surface area contributed by atoms with Crippen molar-refractivity contribution in [3.05, 3.63) is 57.0 Å². The van der Waals surface area contributed by atoms with Gasteiger partial charge in [0.25, 0.3) is 5.56 Å². The van der Waals surface area contributed by atoms with Crippen molar-refractivity contribution in [1.29, 1.82) is 0 Å². The smallest absolute Gasteiger partial charge is 0.274 e. The average Bonchev–Trinajstić information content (AvgIpc) is 2.83. The molecule has 0 fully saturated rings. The van der Waals surface area contributed by atoms with E-state index in [4.69, 9.17) is 5.11 Å². The van der Waals surface area contributed by atoms with Gasteiger partial charge in [0.15, 0.2) is 0 Å². The zero-order chi connectivity index (χ0) is 13.4. The first-order valence-corrected chi connectivity index (χ1v) is 6.45. The Labute approximate surface area is 116 Å². The number of nitrogens with one attached hydrogen (secondary N) is 1. The number of nitrogens with zero attached hydrogens (tertiary/aromatic N) is 2. The van der Waals surface area contributed by atoms with Gasteiger partial charge in [-0.1, -0.05) is 28.1 Å². The summed E-state index contributed by atoms with van der Waals surface area (Å²) >= 11 is 3.37. The van der Waals surface area contributed by atoms with Crippen LogP contribution in [0.3, 0.4) is 0 Å². The van der Waals surface area contributed by atoms with Crippen molar-refractivity contribution in [2.24, 2.45) is 0 Å². The molecule has 5 nitrogen and oxygen atoms in total. The van der Waals surface area contributed by atoms with Gasteiger partial charge in [0.2, 0.25) is 0 Å². The van der Waals surface area contributed by atoms with E-state index in [1.54, 1.807) is 12.3 Å². The minimum Gasteiger partial charge on any atom is -0.390 e. The maximum atomic E-state index is 12.0. The van der Waals surface area contributed by atoms with Crippen LogP contribution < -0.4 is 5.56 Å². The summed E-state index contributed by atoms with van der Waals surface area (Å²) in [6, 6.07) is 9.18. The monoisotopic (exact) mass is 319 g/mol. The molecule has 96 valence electrons. The first kappa shape index (κ1) is 12.1. The van der Waals surface area contributed by atoms with Crippen LogP contribution in [0.5, 0.6) is 0 Å². The molecule has 0 aliphatic rings. The summed E-state index contributed by atoms with van der Waals surface area (Å²) in [4.78, 5) is 14.8. The maximum absolute atomic E-state index is 12.0. The van der Waals surface area contributed by atoms with E-state index in [0.717, 1.165) is 10.0 Å². The third-order valence-corrected chi connectivity index (χ3v) is 3.36. The Morgan fingerprint density at radius 2 is 2.05 bits per heavy atom. The molecular formula is C13H10BrN3O2. The van der Waals surface area contributed by atoms with Crippen LogP contribution in [0.2, 0.25) is 0 Å². The largest absolute Gasteiger partial charge is 0.390 e. The van der Waals surface area contributed by atoms with E-state index in [9.17, 15) is 4.79 Å². The topological polar surface area (TPSA) is 70.4 Å². The third kappa shape index (κ3) is 2.20. The molecule has 0 spiro atoms. The Morgan fingerprint density at radius 1 is 1.32 bits per heavy atom. The van der Waals surface area contributed by atoms with Crippen molar-refractivity contribution in [1.82, 2.24) is 14.6 Å². The van der Waals surface area contributed by atoms with Gasteiger partial charge in [0.1, 0.15) is 5.52 Å². The molecule has 3 rings (SSSR count). The summed E-state index contributed by atoms with van der Waals surface area (Å²) in [5.41, 5.74) is 2.23. The molecule has 0 saturated carbocycles. The Balaban J connectivity index is 2.20. The normalized spacial score (nSPS) is 11.1. The van der Waals surface area contributed by atoms with Gasteiger partial charge in [-0.15, -0.1) is 0 Å². The first-order valence-electron chi connectivity index (χ1n) is 5.66. The molecule has 0 atom stereocenters. The Kier molecular flexibility index (Phi) is 2.96. The van der Waals surface area contributed by atoms with E-state index < -0.39 is 0 Å². The molecule has 0 aliphatic carbocycles. The first-order chi connectivity index (χ1) is 9.17. The standard InChI is InChI=1S/C13H10BrN3O2/c14-9-3-1-8(2-4-9)11-6-17-12(13(19)15-11)5-10(7-18)16-17/h1-6,18H,7H2,(H,15,19). The lowest BCUT2D eigenvalue weighted by molar-refractivity contribution is 0.276. The number of fused-ring (bicyclic) bond motifs is 1. The Hall–Kier alpha value is -1.92. The van der Waals surface area contributed by atoms with Gasteiger partial charge in [-0.3, -0.25) is 4.79 Å². The van der Waals surface area contributed by atoms with Crippen LogP contribution in [0.4, 0.5) is 0 Å². The summed E-state index contributed by atoms with van der Waals surface area (Å²) in [6.07, 6.45) is 1.74. The molecule has 1 aromatic carbocycles. The minimum absolute atomic E-state index is 0.186. The number of halogens is 1. The maximum Gasteiger partial charge on any atom is 0.274 e. The molecule has 0 amide bonds. The molecule has 0 saturated heterocycles. The number of benzene rings is 1. The zero-order valence-electron chi connectivity index (χ0n) is 9.80. The highest BCUT2D eigenvalue weighted by Crippen LogP contribution is 2.19. The molecule has 0 aliphatic heterocycles. The molecule has 0 unspecified atom stereocenters. The van der Waals surface area contributed by atoms with Crippen molar-refractivity contribution >= 4 is 21.4 Å². The van der Waals surface area contributed by atoms with Crippen LogP contribution in [0.15, 0.2) is 45.8 Å². The fraction of sp³-hybridized carbons (Fsp3) is 0.0769. The van der Waals surface area contributed by atoms with Crippen LogP contribution in [-0.2, 0) is 6.61 Å². The van der Waals surface area contributed by atoms with E-state index in [0.29, 0.717) is 16.9 Å². The molecule has 2 N–H and O–H groups in total. The molecular weight excluding hydrogens is 310 g/mol. The molecule has 0 radical (unpaired) electrons. The van der Waals surface area contributed by atoms with Crippen LogP contribution in [0.1, 0.15) is 5.69 Å². The lowest BCUT2D eigenvalue weighted by Crippen LogP contribution is -2.10. The number of hydrogen-bond acceptors (Lipinski definition) is 3. The predicted molar refractivity (Wildman–Crippen MR) is 74.9 cm³/mol. The van der Waals surface area contributed by atoms with E-state index >= 15 is 0 Å². The number of aliphatic hydroxyl groups is 1. The van der Waals surface area contributed by atoms with Crippen LogP contribution in [0, 0.1) is 0 Å². The number of aromatic amines is 1. The van der Waals surface area contributed by atoms with E-state index in [-0.39, 0.29) is 12.2 Å². The van der Waals surface area contributed by atoms with Crippen molar-refractivity contribution in [3.63, 3.8) is 0 Å². The Bertz CT molecular complexity index is 790. The van der Waals surface area contributed by atoms with E-state index in [1.807, 2.05) is 24.3 Å². The molecule has 2 aromatic heterocycles. The number of aromatic nitrogens is 3. The number of H-pyrrole nitrogens is 1. The average molecular weight is 320 g/mol. The van der Waals surface area contributed by atoms with Gasteiger partial charge in [-0.2, -0.15) is 5.10 Å². The molecule has 2 heterocycles. The van der Waals surface area contributed by atoms with Gasteiger partial charge in [0, 0.05) is 4.47 Å². The summed E-state index contributed by atoms with van der Waals surface area (Å²) in [6.45, 7) is -0.186. The molecule has 3 aromatic rings. The summed E-state index contributed by atoms with van der Waals surface area (Å²) < 4.78 is 2.46. The van der Waals surface area contributed by atoms with Gasteiger partial charge in [-0.05, 0) is 23.8 Å². The molecule has 6 heteroatoms. The summed E-state index contributed by atoms with van der Waals surface area (Å²) in [7, 11) is 0.